The Balaban J connectivity index is 2.68. The Hall–Kier alpha value is -1.28. The number of hydrogen-bond donors (Lipinski definition) is 1. The van der Waals surface area contributed by atoms with E-state index in [0.717, 1.165) is 12.3 Å². The zero-order chi connectivity index (χ0) is 10.4. The third-order valence-electron chi connectivity index (χ3n) is 2.16. The van der Waals surface area contributed by atoms with Crippen molar-refractivity contribution in [3.63, 3.8) is 0 Å². The maximum absolute atomic E-state index is 5.16. The van der Waals surface area contributed by atoms with Gasteiger partial charge in [0.05, 0.1) is 7.11 Å². The van der Waals surface area contributed by atoms with E-state index in [1.54, 1.807) is 7.11 Å². The quantitative estimate of drug-likeness (QED) is 0.722. The Morgan fingerprint density at radius 2 is 2.36 bits per heavy atom. The molecule has 0 saturated carbocycles. The van der Waals surface area contributed by atoms with Gasteiger partial charge in [0.25, 0.3) is 0 Å². The van der Waals surface area contributed by atoms with Crippen LogP contribution in [0.2, 0.25) is 0 Å². The minimum Gasteiger partial charge on any atom is -0.497 e. The molecule has 1 aromatic rings. The molecule has 1 unspecified atom stereocenters. The summed E-state index contributed by atoms with van der Waals surface area (Å²) in [7, 11) is 1.68. The SMILES string of the molecule is C=CCNC(C)c1cccc(OC)c1. The highest BCUT2D eigenvalue weighted by atomic mass is 16.5. The van der Waals surface area contributed by atoms with Crippen molar-refractivity contribution in [2.24, 2.45) is 0 Å². The second-order valence-corrected chi connectivity index (χ2v) is 3.20. The van der Waals surface area contributed by atoms with E-state index >= 15 is 0 Å². The lowest BCUT2D eigenvalue weighted by Crippen LogP contribution is -2.18. The molecule has 0 spiro atoms. The van der Waals surface area contributed by atoms with Crippen molar-refractivity contribution >= 4 is 0 Å². The smallest absolute Gasteiger partial charge is 0.119 e. The molecule has 2 nitrogen and oxygen atoms in total. The van der Waals surface area contributed by atoms with E-state index in [2.05, 4.69) is 24.9 Å². The van der Waals surface area contributed by atoms with Crippen LogP contribution < -0.4 is 10.1 Å². The van der Waals surface area contributed by atoms with Crippen LogP contribution in [-0.2, 0) is 0 Å². The lowest BCUT2D eigenvalue weighted by atomic mass is 10.1. The van der Waals surface area contributed by atoms with Crippen LogP contribution in [0.4, 0.5) is 0 Å². The van der Waals surface area contributed by atoms with Gasteiger partial charge >= 0.3 is 0 Å². The molecule has 0 aliphatic carbocycles. The molecule has 1 aromatic carbocycles. The highest BCUT2D eigenvalue weighted by Crippen LogP contribution is 2.18. The molecular formula is C12H17NO. The fourth-order valence-electron chi connectivity index (χ4n) is 1.29. The normalized spacial score (nSPS) is 12.1. The van der Waals surface area contributed by atoms with Crippen molar-refractivity contribution in [1.82, 2.24) is 5.32 Å². The van der Waals surface area contributed by atoms with E-state index in [1.807, 2.05) is 24.3 Å². The van der Waals surface area contributed by atoms with Gasteiger partial charge in [-0.3, -0.25) is 0 Å². The van der Waals surface area contributed by atoms with Crippen LogP contribution in [0.1, 0.15) is 18.5 Å². The number of rotatable bonds is 5. The summed E-state index contributed by atoms with van der Waals surface area (Å²) in [6.45, 7) is 6.61. The number of benzene rings is 1. The van der Waals surface area contributed by atoms with Crippen LogP contribution >= 0.6 is 0 Å². The minimum atomic E-state index is 0.322. The first-order chi connectivity index (χ1) is 6.77. The maximum atomic E-state index is 5.16. The summed E-state index contributed by atoms with van der Waals surface area (Å²) in [6.07, 6.45) is 1.86. The van der Waals surface area contributed by atoms with E-state index in [1.165, 1.54) is 5.56 Å². The highest BCUT2D eigenvalue weighted by molar-refractivity contribution is 5.30. The third kappa shape index (κ3) is 2.89. The average molecular weight is 191 g/mol. The summed E-state index contributed by atoms with van der Waals surface area (Å²) in [4.78, 5) is 0. The molecule has 1 atom stereocenters. The van der Waals surface area contributed by atoms with Crippen molar-refractivity contribution in [3.05, 3.63) is 42.5 Å². The summed E-state index contributed by atoms with van der Waals surface area (Å²) in [5.74, 6) is 0.898. The first kappa shape index (κ1) is 10.8. The molecule has 76 valence electrons. The molecule has 0 fully saturated rings. The van der Waals surface area contributed by atoms with Gasteiger partial charge in [-0.1, -0.05) is 18.2 Å². The highest BCUT2D eigenvalue weighted by Gasteiger charge is 2.03. The Bertz CT molecular complexity index is 296. The predicted molar refractivity (Wildman–Crippen MR) is 59.6 cm³/mol. The summed E-state index contributed by atoms with van der Waals surface area (Å²) in [5, 5.41) is 3.33. The van der Waals surface area contributed by atoms with Crippen LogP contribution in [0.15, 0.2) is 36.9 Å². The van der Waals surface area contributed by atoms with E-state index < -0.39 is 0 Å². The average Bonchev–Trinajstić information content (AvgIpc) is 2.26. The zero-order valence-electron chi connectivity index (χ0n) is 8.79. The molecule has 0 radical (unpaired) electrons. The largest absolute Gasteiger partial charge is 0.497 e. The maximum Gasteiger partial charge on any atom is 0.119 e. The predicted octanol–water partition coefficient (Wildman–Crippen LogP) is 2.53. The molecule has 0 aromatic heterocycles. The van der Waals surface area contributed by atoms with Gasteiger partial charge in [-0.15, -0.1) is 6.58 Å². The Kier molecular flexibility index (Phi) is 4.20. The molecule has 0 heterocycles. The van der Waals surface area contributed by atoms with Crippen LogP contribution in [0, 0.1) is 0 Å². The van der Waals surface area contributed by atoms with E-state index in [4.69, 9.17) is 4.74 Å². The first-order valence-electron chi connectivity index (χ1n) is 4.76. The van der Waals surface area contributed by atoms with Gasteiger partial charge in [0, 0.05) is 12.6 Å². The van der Waals surface area contributed by atoms with E-state index in [0.29, 0.717) is 6.04 Å². The van der Waals surface area contributed by atoms with Crippen molar-refractivity contribution in [2.75, 3.05) is 13.7 Å². The summed E-state index contributed by atoms with van der Waals surface area (Å²) in [6, 6.07) is 8.40. The lowest BCUT2D eigenvalue weighted by molar-refractivity contribution is 0.413. The molecule has 0 amide bonds. The van der Waals surface area contributed by atoms with Gasteiger partial charge in [0.1, 0.15) is 5.75 Å². The van der Waals surface area contributed by atoms with Crippen LogP contribution in [0.5, 0.6) is 5.75 Å². The van der Waals surface area contributed by atoms with Crippen LogP contribution in [-0.4, -0.2) is 13.7 Å². The number of methoxy groups -OCH3 is 1. The molecular weight excluding hydrogens is 174 g/mol. The van der Waals surface area contributed by atoms with E-state index in [9.17, 15) is 0 Å². The second kappa shape index (κ2) is 5.45. The van der Waals surface area contributed by atoms with Gasteiger partial charge in [-0.2, -0.15) is 0 Å². The minimum absolute atomic E-state index is 0.322. The molecule has 2 heteroatoms. The fraction of sp³-hybridized carbons (Fsp3) is 0.333. The summed E-state index contributed by atoms with van der Waals surface area (Å²) < 4.78 is 5.16. The Labute approximate surface area is 85.6 Å². The van der Waals surface area contributed by atoms with Gasteiger partial charge in [0.2, 0.25) is 0 Å². The number of nitrogens with one attached hydrogen (secondary N) is 1. The van der Waals surface area contributed by atoms with Crippen LogP contribution in [0.25, 0.3) is 0 Å². The van der Waals surface area contributed by atoms with Gasteiger partial charge < -0.3 is 10.1 Å². The van der Waals surface area contributed by atoms with Gasteiger partial charge in [-0.05, 0) is 24.6 Å². The molecule has 1 N–H and O–H groups in total. The molecule has 0 bridgehead atoms. The molecule has 0 saturated heterocycles. The van der Waals surface area contributed by atoms with Crippen molar-refractivity contribution < 1.29 is 4.74 Å². The summed E-state index contributed by atoms with van der Waals surface area (Å²) in [5.41, 5.74) is 1.23. The standard InChI is InChI=1S/C12H17NO/c1-4-8-13-10(2)11-6-5-7-12(9-11)14-3/h4-7,9-10,13H,1,8H2,2-3H3. The lowest BCUT2D eigenvalue weighted by Gasteiger charge is -2.13. The summed E-state index contributed by atoms with van der Waals surface area (Å²) >= 11 is 0. The van der Waals surface area contributed by atoms with Gasteiger partial charge in [-0.25, -0.2) is 0 Å². The van der Waals surface area contributed by atoms with Crippen molar-refractivity contribution in [2.45, 2.75) is 13.0 Å². The Morgan fingerprint density at radius 3 is 3.00 bits per heavy atom. The molecule has 1 rings (SSSR count). The van der Waals surface area contributed by atoms with Crippen molar-refractivity contribution in [1.29, 1.82) is 0 Å². The van der Waals surface area contributed by atoms with Crippen LogP contribution in [0.3, 0.4) is 0 Å². The topological polar surface area (TPSA) is 21.3 Å². The second-order valence-electron chi connectivity index (χ2n) is 3.20. The molecule has 0 aliphatic rings. The van der Waals surface area contributed by atoms with Gasteiger partial charge in [0.15, 0.2) is 0 Å². The monoisotopic (exact) mass is 191 g/mol. The fourth-order valence-corrected chi connectivity index (χ4v) is 1.29. The zero-order valence-corrected chi connectivity index (χ0v) is 8.79. The third-order valence-corrected chi connectivity index (χ3v) is 2.16. The van der Waals surface area contributed by atoms with Crippen molar-refractivity contribution in [3.8, 4) is 5.75 Å². The number of hydrogen-bond acceptors (Lipinski definition) is 2. The van der Waals surface area contributed by atoms with E-state index in [-0.39, 0.29) is 0 Å². The number of ether oxygens (including phenoxy) is 1. The Morgan fingerprint density at radius 1 is 1.57 bits per heavy atom. The molecule has 14 heavy (non-hydrogen) atoms. The molecule has 0 aliphatic heterocycles. The first-order valence-corrected chi connectivity index (χ1v) is 4.76.